The maximum Gasteiger partial charge on any atom is 0.138 e. The molecule has 0 amide bonds. The largest absolute Gasteiger partial charge is 0.323 e. The fourth-order valence-corrected chi connectivity index (χ4v) is 3.29. The highest BCUT2D eigenvalue weighted by Crippen LogP contribution is 2.33. The maximum atomic E-state index is 13.9. The van der Waals surface area contributed by atoms with Crippen LogP contribution in [-0.4, -0.2) is 9.55 Å². The summed E-state index contributed by atoms with van der Waals surface area (Å²) in [7, 11) is 0. The predicted octanol–water partition coefficient (Wildman–Crippen LogP) is 5.69. The van der Waals surface area contributed by atoms with Crippen molar-refractivity contribution in [2.45, 2.75) is 45.5 Å². The fraction of sp³-hybridized carbons (Fsp3) is 0.533. The van der Waals surface area contributed by atoms with Crippen molar-refractivity contribution in [1.29, 1.82) is 0 Å². The Morgan fingerprint density at radius 1 is 1.35 bits per heavy atom. The van der Waals surface area contributed by atoms with Crippen LogP contribution >= 0.6 is 34.2 Å². The molecule has 0 saturated carbocycles. The molecule has 1 aromatic carbocycles. The zero-order valence-electron chi connectivity index (χ0n) is 12.1. The van der Waals surface area contributed by atoms with Gasteiger partial charge in [0, 0.05) is 12.1 Å². The zero-order valence-corrected chi connectivity index (χ0v) is 15.0. The number of rotatable bonds is 4. The van der Waals surface area contributed by atoms with E-state index in [4.69, 9.17) is 11.6 Å². The first-order valence-corrected chi connectivity index (χ1v) is 8.39. The van der Waals surface area contributed by atoms with Gasteiger partial charge in [-0.1, -0.05) is 20.8 Å². The summed E-state index contributed by atoms with van der Waals surface area (Å²) in [4.78, 5) is 4.62. The second-order valence-corrected chi connectivity index (χ2v) is 7.25. The molecule has 0 spiro atoms. The predicted molar refractivity (Wildman–Crippen MR) is 90.8 cm³/mol. The Kier molecular flexibility index (Phi) is 4.95. The fourth-order valence-electron chi connectivity index (χ4n) is 2.69. The van der Waals surface area contributed by atoms with Gasteiger partial charge >= 0.3 is 0 Å². The van der Waals surface area contributed by atoms with E-state index >= 15 is 0 Å². The van der Waals surface area contributed by atoms with Crippen molar-refractivity contribution >= 4 is 45.2 Å². The van der Waals surface area contributed by atoms with Gasteiger partial charge in [0.05, 0.1) is 20.0 Å². The molecule has 20 heavy (non-hydrogen) atoms. The van der Waals surface area contributed by atoms with Crippen LogP contribution in [0.25, 0.3) is 11.0 Å². The van der Waals surface area contributed by atoms with Crippen molar-refractivity contribution in [1.82, 2.24) is 9.55 Å². The van der Waals surface area contributed by atoms with Crippen LogP contribution in [0.1, 0.15) is 51.4 Å². The molecular weight excluding hydrogens is 390 g/mol. The lowest BCUT2D eigenvalue weighted by molar-refractivity contribution is 0.364. The molecule has 0 aliphatic rings. The number of imidazole rings is 1. The molecule has 2 unspecified atom stereocenters. The Morgan fingerprint density at radius 3 is 2.50 bits per heavy atom. The molecule has 0 radical (unpaired) electrons. The van der Waals surface area contributed by atoms with Gasteiger partial charge < -0.3 is 4.57 Å². The first kappa shape index (κ1) is 16.0. The quantitative estimate of drug-likeness (QED) is 0.469. The van der Waals surface area contributed by atoms with Crippen LogP contribution in [0.4, 0.5) is 4.39 Å². The van der Waals surface area contributed by atoms with Gasteiger partial charge in [0.15, 0.2) is 0 Å². The summed E-state index contributed by atoms with van der Waals surface area (Å²) < 4.78 is 16.6. The lowest BCUT2D eigenvalue weighted by atomic mass is 10.0. The molecule has 5 heteroatoms. The first-order valence-electron chi connectivity index (χ1n) is 6.87. The minimum Gasteiger partial charge on any atom is -0.323 e. The zero-order chi connectivity index (χ0) is 15.0. The third-order valence-corrected chi connectivity index (χ3v) is 4.66. The highest BCUT2D eigenvalue weighted by atomic mass is 127. The lowest BCUT2D eigenvalue weighted by Gasteiger charge is -2.24. The molecule has 0 fully saturated rings. The van der Waals surface area contributed by atoms with Crippen molar-refractivity contribution in [2.24, 2.45) is 5.92 Å². The molecular formula is C15H19ClFIN2. The van der Waals surface area contributed by atoms with E-state index in [0.717, 1.165) is 23.3 Å². The van der Waals surface area contributed by atoms with Crippen LogP contribution in [0.15, 0.2) is 12.1 Å². The number of nitrogens with zero attached hydrogens (tertiary/aromatic N) is 2. The topological polar surface area (TPSA) is 17.8 Å². The highest BCUT2D eigenvalue weighted by Gasteiger charge is 2.23. The normalized spacial score (nSPS) is 15.0. The molecule has 0 saturated heterocycles. The number of fused-ring (bicyclic) bond motifs is 1. The number of hydrogen-bond acceptors (Lipinski definition) is 1. The van der Waals surface area contributed by atoms with Gasteiger partial charge in [-0.05, 0) is 47.9 Å². The number of benzene rings is 1. The molecule has 2 aromatic rings. The van der Waals surface area contributed by atoms with E-state index < -0.39 is 0 Å². The van der Waals surface area contributed by atoms with Crippen LogP contribution in [0.3, 0.4) is 0 Å². The smallest absolute Gasteiger partial charge is 0.138 e. The SMILES string of the molecule is CCC(C(C)C)n1c(C(C)Cl)nc2cc(I)c(F)cc21. The summed E-state index contributed by atoms with van der Waals surface area (Å²) in [6.45, 7) is 8.40. The second kappa shape index (κ2) is 6.18. The molecule has 1 heterocycles. The second-order valence-electron chi connectivity index (χ2n) is 5.43. The van der Waals surface area contributed by atoms with E-state index in [1.54, 1.807) is 12.1 Å². The first-order chi connectivity index (χ1) is 9.36. The van der Waals surface area contributed by atoms with Gasteiger partial charge in [-0.15, -0.1) is 11.6 Å². The molecule has 1 aromatic heterocycles. The monoisotopic (exact) mass is 408 g/mol. The van der Waals surface area contributed by atoms with Gasteiger partial charge in [-0.3, -0.25) is 0 Å². The van der Waals surface area contributed by atoms with Crippen molar-refractivity contribution < 1.29 is 4.39 Å². The summed E-state index contributed by atoms with van der Waals surface area (Å²) >= 11 is 8.28. The van der Waals surface area contributed by atoms with Gasteiger partial charge in [-0.2, -0.15) is 0 Å². The average Bonchev–Trinajstić information content (AvgIpc) is 2.70. The maximum absolute atomic E-state index is 13.9. The Hall–Kier alpha value is -0.360. The van der Waals surface area contributed by atoms with E-state index in [2.05, 4.69) is 30.3 Å². The highest BCUT2D eigenvalue weighted by molar-refractivity contribution is 14.1. The van der Waals surface area contributed by atoms with Crippen molar-refractivity contribution in [3.63, 3.8) is 0 Å². The van der Waals surface area contributed by atoms with Crippen LogP contribution in [0, 0.1) is 15.3 Å². The third-order valence-electron chi connectivity index (χ3n) is 3.63. The minimum absolute atomic E-state index is 0.198. The summed E-state index contributed by atoms with van der Waals surface area (Å²) in [6.07, 6.45) is 0.966. The Balaban J connectivity index is 2.77. The van der Waals surface area contributed by atoms with E-state index in [1.165, 1.54) is 0 Å². The van der Waals surface area contributed by atoms with Crippen molar-refractivity contribution in [3.05, 3.63) is 27.3 Å². The van der Waals surface area contributed by atoms with Crippen molar-refractivity contribution in [2.75, 3.05) is 0 Å². The standard InChI is InChI=1S/C15H19ClFIN2/c1-5-13(8(2)3)20-14-6-10(17)11(18)7-12(14)19-15(20)9(4)16/h6-9,13H,5H2,1-4H3. The molecule has 0 N–H and O–H groups in total. The number of halogens is 3. The summed E-state index contributed by atoms with van der Waals surface area (Å²) in [6, 6.07) is 3.64. The van der Waals surface area contributed by atoms with E-state index in [1.807, 2.05) is 29.5 Å². The molecule has 2 nitrogen and oxygen atoms in total. The van der Waals surface area contributed by atoms with E-state index in [9.17, 15) is 4.39 Å². The Morgan fingerprint density at radius 2 is 2.00 bits per heavy atom. The third kappa shape index (κ3) is 2.82. The number of aromatic nitrogens is 2. The molecule has 0 bridgehead atoms. The molecule has 2 rings (SSSR count). The molecule has 110 valence electrons. The summed E-state index contributed by atoms with van der Waals surface area (Å²) in [5.74, 6) is 1.06. The summed E-state index contributed by atoms with van der Waals surface area (Å²) in [5.41, 5.74) is 1.66. The van der Waals surface area contributed by atoms with Crippen LogP contribution < -0.4 is 0 Å². The van der Waals surface area contributed by atoms with Crippen LogP contribution in [0.5, 0.6) is 0 Å². The number of alkyl halides is 1. The van der Waals surface area contributed by atoms with Gasteiger partial charge in [0.2, 0.25) is 0 Å². The lowest BCUT2D eigenvalue weighted by Crippen LogP contribution is -2.17. The minimum atomic E-state index is -0.202. The Labute approximate surface area is 137 Å². The average molecular weight is 409 g/mol. The van der Waals surface area contributed by atoms with E-state index in [-0.39, 0.29) is 17.2 Å². The van der Waals surface area contributed by atoms with E-state index in [0.29, 0.717) is 9.49 Å². The van der Waals surface area contributed by atoms with Gasteiger partial charge in [0.1, 0.15) is 11.6 Å². The van der Waals surface area contributed by atoms with Crippen molar-refractivity contribution in [3.8, 4) is 0 Å². The summed E-state index contributed by atoms with van der Waals surface area (Å²) in [5, 5.41) is -0.198. The molecule has 0 aliphatic carbocycles. The Bertz CT molecular complexity index is 622. The van der Waals surface area contributed by atoms with Crippen LogP contribution in [0.2, 0.25) is 0 Å². The number of hydrogen-bond donors (Lipinski definition) is 0. The molecule has 0 aliphatic heterocycles. The van der Waals surface area contributed by atoms with Gasteiger partial charge in [0.25, 0.3) is 0 Å². The molecule has 2 atom stereocenters. The van der Waals surface area contributed by atoms with Crippen LogP contribution in [-0.2, 0) is 0 Å². The van der Waals surface area contributed by atoms with Gasteiger partial charge in [-0.25, -0.2) is 9.37 Å².